The topological polar surface area (TPSA) is 17.1 Å². The van der Waals surface area contributed by atoms with Gasteiger partial charge in [-0.15, -0.1) is 0 Å². The van der Waals surface area contributed by atoms with Crippen LogP contribution in [0.1, 0.15) is 28.8 Å². The highest BCUT2D eigenvalue weighted by molar-refractivity contribution is 6.00. The molecule has 2 aromatic rings. The van der Waals surface area contributed by atoms with Crippen molar-refractivity contribution in [3.63, 3.8) is 0 Å². The zero-order valence-corrected chi connectivity index (χ0v) is 9.86. The largest absolute Gasteiger partial charge is 0.294 e. The molecule has 3 heteroatoms. The molecule has 92 valence electrons. The van der Waals surface area contributed by atoms with E-state index in [1.165, 1.54) is 36.4 Å². The minimum absolute atomic E-state index is 0.110. The molecule has 2 rings (SSSR count). The Balaban J connectivity index is 2.23. The fourth-order valence-corrected chi connectivity index (χ4v) is 1.77. The van der Waals surface area contributed by atoms with Crippen LogP contribution in [-0.4, -0.2) is 5.78 Å². The van der Waals surface area contributed by atoms with Gasteiger partial charge in [-0.25, -0.2) is 8.78 Å². The Kier molecular flexibility index (Phi) is 3.51. The summed E-state index contributed by atoms with van der Waals surface area (Å²) in [5.41, 5.74) is 1.19. The molecule has 2 aromatic carbocycles. The molecule has 0 aliphatic rings. The molecule has 0 heterocycles. The number of carbonyl (C=O) groups is 1. The third-order valence-corrected chi connectivity index (χ3v) is 2.89. The van der Waals surface area contributed by atoms with E-state index in [-0.39, 0.29) is 23.3 Å². The van der Waals surface area contributed by atoms with Crippen molar-refractivity contribution in [2.75, 3.05) is 0 Å². The van der Waals surface area contributed by atoms with Gasteiger partial charge in [0.15, 0.2) is 5.78 Å². The summed E-state index contributed by atoms with van der Waals surface area (Å²) in [5.74, 6) is -1.20. The van der Waals surface area contributed by atoms with Gasteiger partial charge in [0.1, 0.15) is 11.6 Å². The van der Waals surface area contributed by atoms with Crippen molar-refractivity contribution < 1.29 is 13.6 Å². The molecule has 0 N–H and O–H groups in total. The number of benzene rings is 2. The lowest BCUT2D eigenvalue weighted by molar-refractivity contribution is 0.0966. The summed E-state index contributed by atoms with van der Waals surface area (Å²) in [6, 6.07) is 11.2. The van der Waals surface area contributed by atoms with Gasteiger partial charge in [-0.3, -0.25) is 4.79 Å². The normalized spacial score (nSPS) is 12.2. The van der Waals surface area contributed by atoms with Gasteiger partial charge in [-0.1, -0.05) is 19.1 Å². The molecule has 0 bridgehead atoms. The average Bonchev–Trinajstić information content (AvgIpc) is 2.39. The Hall–Kier alpha value is -2.03. The van der Waals surface area contributed by atoms with E-state index in [0.717, 1.165) is 5.56 Å². The lowest BCUT2D eigenvalue weighted by atomic mass is 9.92. The Labute approximate surface area is 104 Å². The third kappa shape index (κ3) is 2.62. The Bertz CT molecular complexity index is 544. The standard InChI is InChI=1S/C15H12F2O/c1-10(11-2-6-13(16)7-3-11)15(18)12-4-8-14(17)9-5-12/h2-10H,1H3. The van der Waals surface area contributed by atoms with Crippen molar-refractivity contribution in [3.8, 4) is 0 Å². The smallest absolute Gasteiger partial charge is 0.170 e. The van der Waals surface area contributed by atoms with E-state index >= 15 is 0 Å². The summed E-state index contributed by atoms with van der Waals surface area (Å²) >= 11 is 0. The van der Waals surface area contributed by atoms with Crippen molar-refractivity contribution in [2.45, 2.75) is 12.8 Å². The number of ketones is 1. The molecule has 1 nitrogen and oxygen atoms in total. The molecule has 0 saturated carbocycles. The maximum Gasteiger partial charge on any atom is 0.170 e. The van der Waals surface area contributed by atoms with E-state index in [1.54, 1.807) is 19.1 Å². The Morgan fingerprint density at radius 1 is 0.889 bits per heavy atom. The second kappa shape index (κ2) is 5.08. The lowest BCUT2D eigenvalue weighted by Crippen LogP contribution is -2.09. The summed E-state index contributed by atoms with van der Waals surface area (Å²) < 4.78 is 25.6. The van der Waals surface area contributed by atoms with E-state index < -0.39 is 0 Å². The fraction of sp³-hybridized carbons (Fsp3) is 0.133. The molecule has 1 unspecified atom stereocenters. The molecule has 0 aliphatic carbocycles. The van der Waals surface area contributed by atoms with Crippen LogP contribution in [0, 0.1) is 11.6 Å². The van der Waals surface area contributed by atoms with Crippen molar-refractivity contribution in [2.24, 2.45) is 0 Å². The molecule has 0 spiro atoms. The van der Waals surface area contributed by atoms with E-state index in [9.17, 15) is 13.6 Å². The first-order valence-corrected chi connectivity index (χ1v) is 5.63. The van der Waals surface area contributed by atoms with E-state index in [1.807, 2.05) is 0 Å². The minimum Gasteiger partial charge on any atom is -0.294 e. The van der Waals surface area contributed by atoms with Gasteiger partial charge in [-0.05, 0) is 42.0 Å². The van der Waals surface area contributed by atoms with Crippen LogP contribution in [0.2, 0.25) is 0 Å². The van der Waals surface area contributed by atoms with E-state index in [4.69, 9.17) is 0 Å². The fourth-order valence-electron chi connectivity index (χ4n) is 1.77. The van der Waals surface area contributed by atoms with Crippen LogP contribution >= 0.6 is 0 Å². The maximum atomic E-state index is 12.8. The number of hydrogen-bond acceptors (Lipinski definition) is 1. The molecule has 1 atom stereocenters. The van der Waals surface area contributed by atoms with Gasteiger partial charge >= 0.3 is 0 Å². The third-order valence-electron chi connectivity index (χ3n) is 2.89. The van der Waals surface area contributed by atoms with Crippen molar-refractivity contribution in [1.29, 1.82) is 0 Å². The minimum atomic E-state index is -0.379. The highest BCUT2D eigenvalue weighted by Gasteiger charge is 2.17. The second-order valence-corrected chi connectivity index (χ2v) is 4.14. The molecule has 0 aliphatic heterocycles. The number of rotatable bonds is 3. The van der Waals surface area contributed by atoms with Crippen LogP contribution in [0.4, 0.5) is 8.78 Å². The van der Waals surface area contributed by atoms with Gasteiger partial charge in [-0.2, -0.15) is 0 Å². The molecule has 18 heavy (non-hydrogen) atoms. The quantitative estimate of drug-likeness (QED) is 0.749. The van der Waals surface area contributed by atoms with Crippen LogP contribution in [0.5, 0.6) is 0 Å². The van der Waals surface area contributed by atoms with Gasteiger partial charge in [0.2, 0.25) is 0 Å². The number of Topliss-reactive ketones (excluding diaryl/α,β-unsaturated/α-hetero) is 1. The zero-order chi connectivity index (χ0) is 13.1. The zero-order valence-electron chi connectivity index (χ0n) is 9.86. The molecule has 0 aromatic heterocycles. The molecule has 0 amide bonds. The van der Waals surface area contributed by atoms with E-state index in [2.05, 4.69) is 0 Å². The maximum absolute atomic E-state index is 12.8. The van der Waals surface area contributed by atoms with Gasteiger partial charge in [0, 0.05) is 11.5 Å². The van der Waals surface area contributed by atoms with Crippen LogP contribution in [-0.2, 0) is 0 Å². The summed E-state index contributed by atoms with van der Waals surface area (Å²) in [5, 5.41) is 0. The summed E-state index contributed by atoms with van der Waals surface area (Å²) in [6.45, 7) is 1.75. The van der Waals surface area contributed by atoms with Crippen LogP contribution in [0.3, 0.4) is 0 Å². The summed E-state index contributed by atoms with van der Waals surface area (Å²) in [7, 11) is 0. The van der Waals surface area contributed by atoms with Crippen LogP contribution in [0.25, 0.3) is 0 Å². The van der Waals surface area contributed by atoms with Crippen molar-refractivity contribution in [1.82, 2.24) is 0 Å². The molecular weight excluding hydrogens is 234 g/mol. The van der Waals surface area contributed by atoms with Crippen LogP contribution in [0.15, 0.2) is 48.5 Å². The Morgan fingerprint density at radius 3 is 1.83 bits per heavy atom. The van der Waals surface area contributed by atoms with Crippen LogP contribution < -0.4 is 0 Å². The highest BCUT2D eigenvalue weighted by Crippen LogP contribution is 2.21. The molecule has 0 fully saturated rings. The van der Waals surface area contributed by atoms with Gasteiger partial charge < -0.3 is 0 Å². The Morgan fingerprint density at radius 2 is 1.33 bits per heavy atom. The second-order valence-electron chi connectivity index (χ2n) is 4.14. The number of carbonyl (C=O) groups excluding carboxylic acids is 1. The first-order valence-electron chi connectivity index (χ1n) is 5.63. The first kappa shape index (κ1) is 12.4. The number of hydrogen-bond donors (Lipinski definition) is 0. The SMILES string of the molecule is CC(C(=O)c1ccc(F)cc1)c1ccc(F)cc1. The predicted octanol–water partition coefficient (Wildman–Crippen LogP) is 3.95. The predicted molar refractivity (Wildman–Crippen MR) is 65.5 cm³/mol. The van der Waals surface area contributed by atoms with Crippen molar-refractivity contribution in [3.05, 3.63) is 71.3 Å². The summed E-state index contributed by atoms with van der Waals surface area (Å²) in [6.07, 6.45) is 0. The van der Waals surface area contributed by atoms with E-state index in [0.29, 0.717) is 5.56 Å². The molecular formula is C15H12F2O. The molecule has 0 radical (unpaired) electrons. The monoisotopic (exact) mass is 246 g/mol. The van der Waals surface area contributed by atoms with Gasteiger partial charge in [0.05, 0.1) is 0 Å². The highest BCUT2D eigenvalue weighted by atomic mass is 19.1. The average molecular weight is 246 g/mol. The molecule has 0 saturated heterocycles. The van der Waals surface area contributed by atoms with Crippen molar-refractivity contribution >= 4 is 5.78 Å². The number of halogens is 2. The lowest BCUT2D eigenvalue weighted by Gasteiger charge is -2.10. The summed E-state index contributed by atoms with van der Waals surface area (Å²) in [4.78, 5) is 12.1. The first-order chi connectivity index (χ1) is 8.58. The van der Waals surface area contributed by atoms with Gasteiger partial charge in [0.25, 0.3) is 0 Å².